The molecule has 0 radical (unpaired) electrons. The molecule has 0 amide bonds. The molecule has 0 aromatic rings. The number of fused-ring (bicyclic) bond motifs is 2. The van der Waals surface area contributed by atoms with E-state index in [1.165, 1.54) is 32.1 Å². The van der Waals surface area contributed by atoms with Crippen LogP contribution in [0, 0.1) is 17.3 Å². The van der Waals surface area contributed by atoms with E-state index in [9.17, 15) is 0 Å². The minimum Gasteiger partial charge on any atom is -0.382 e. The van der Waals surface area contributed by atoms with E-state index in [1.807, 2.05) is 0 Å². The van der Waals surface area contributed by atoms with Crippen molar-refractivity contribution in [1.29, 1.82) is 0 Å². The van der Waals surface area contributed by atoms with Crippen LogP contribution < -0.4 is 0 Å². The molecule has 2 fully saturated rings. The summed E-state index contributed by atoms with van der Waals surface area (Å²) in [5, 5.41) is 1.15. The summed E-state index contributed by atoms with van der Waals surface area (Å²) in [5.41, 5.74) is 0.528. The summed E-state index contributed by atoms with van der Waals surface area (Å²) in [6.07, 6.45) is 6.99. The van der Waals surface area contributed by atoms with Gasteiger partial charge in [-0.05, 0) is 42.9 Å². The Labute approximate surface area is 125 Å². The van der Waals surface area contributed by atoms with Gasteiger partial charge in [0, 0.05) is 19.0 Å². The fourth-order valence-corrected chi connectivity index (χ4v) is 4.80. The Morgan fingerprint density at radius 3 is 2.37 bits per heavy atom. The maximum absolute atomic E-state index is 5.72. The molecule has 2 bridgehead atoms. The lowest BCUT2D eigenvalue weighted by Crippen LogP contribution is -2.31. The van der Waals surface area contributed by atoms with Gasteiger partial charge in [0.15, 0.2) is 0 Å². The highest BCUT2D eigenvalue weighted by atomic mass is 79.9. The van der Waals surface area contributed by atoms with Crippen molar-refractivity contribution in [2.24, 2.45) is 17.3 Å². The van der Waals surface area contributed by atoms with Crippen LogP contribution in [0.1, 0.15) is 32.1 Å². The van der Waals surface area contributed by atoms with E-state index in [4.69, 9.17) is 14.2 Å². The third kappa shape index (κ3) is 4.16. The predicted octanol–water partition coefficient (Wildman–Crippen LogP) is 3.26. The standard InChI is InChI=1S/C15H27BrO3/c1-17-6-7-19-9-8-18-5-4-15(12-16)11-13-2-3-14(15)10-13/h13-14H,2-12H2,1H3. The zero-order valence-corrected chi connectivity index (χ0v) is 13.6. The monoisotopic (exact) mass is 334 g/mol. The number of hydrogen-bond acceptors (Lipinski definition) is 3. The summed E-state index contributed by atoms with van der Waals surface area (Å²) in [6.45, 7) is 3.58. The smallest absolute Gasteiger partial charge is 0.0701 e. The van der Waals surface area contributed by atoms with Gasteiger partial charge in [0.25, 0.3) is 0 Å². The molecular weight excluding hydrogens is 308 g/mol. The molecule has 2 aliphatic carbocycles. The van der Waals surface area contributed by atoms with Crippen LogP contribution in [-0.2, 0) is 14.2 Å². The van der Waals surface area contributed by atoms with Gasteiger partial charge in [-0.25, -0.2) is 0 Å². The van der Waals surface area contributed by atoms with Crippen LogP contribution in [0.5, 0.6) is 0 Å². The van der Waals surface area contributed by atoms with E-state index >= 15 is 0 Å². The van der Waals surface area contributed by atoms with Gasteiger partial charge in [-0.15, -0.1) is 0 Å². The molecular formula is C15H27BrO3. The van der Waals surface area contributed by atoms with E-state index < -0.39 is 0 Å². The molecule has 3 nitrogen and oxygen atoms in total. The van der Waals surface area contributed by atoms with Crippen molar-refractivity contribution in [1.82, 2.24) is 0 Å². The second kappa shape index (κ2) is 7.96. The van der Waals surface area contributed by atoms with Gasteiger partial charge in [0.2, 0.25) is 0 Å². The summed E-state index contributed by atoms with van der Waals surface area (Å²) >= 11 is 3.75. The van der Waals surface area contributed by atoms with Crippen molar-refractivity contribution in [3.8, 4) is 0 Å². The first-order valence-corrected chi connectivity index (χ1v) is 8.63. The lowest BCUT2D eigenvalue weighted by Gasteiger charge is -2.36. The zero-order valence-electron chi connectivity index (χ0n) is 12.0. The molecule has 19 heavy (non-hydrogen) atoms. The van der Waals surface area contributed by atoms with Crippen LogP contribution in [-0.4, -0.2) is 45.5 Å². The average Bonchev–Trinajstić information content (AvgIpc) is 3.03. The number of halogens is 1. The summed E-state index contributed by atoms with van der Waals surface area (Å²) in [6, 6.07) is 0. The third-order valence-electron chi connectivity index (χ3n) is 4.92. The Hall–Kier alpha value is 0.360. The van der Waals surface area contributed by atoms with Crippen molar-refractivity contribution in [2.75, 3.05) is 45.5 Å². The first-order chi connectivity index (χ1) is 9.30. The predicted molar refractivity (Wildman–Crippen MR) is 79.8 cm³/mol. The van der Waals surface area contributed by atoms with Crippen LogP contribution in [0.15, 0.2) is 0 Å². The summed E-state index contributed by atoms with van der Waals surface area (Å²) in [4.78, 5) is 0. The van der Waals surface area contributed by atoms with Crippen LogP contribution in [0.25, 0.3) is 0 Å². The van der Waals surface area contributed by atoms with Crippen molar-refractivity contribution in [3.05, 3.63) is 0 Å². The van der Waals surface area contributed by atoms with Gasteiger partial charge in [-0.2, -0.15) is 0 Å². The van der Waals surface area contributed by atoms with Crippen molar-refractivity contribution < 1.29 is 14.2 Å². The van der Waals surface area contributed by atoms with E-state index in [2.05, 4.69) is 15.9 Å². The zero-order chi connectivity index (χ0) is 13.6. The van der Waals surface area contributed by atoms with Gasteiger partial charge < -0.3 is 14.2 Å². The number of rotatable bonds is 10. The molecule has 2 saturated carbocycles. The summed E-state index contributed by atoms with van der Waals surface area (Å²) < 4.78 is 16.0. The minimum absolute atomic E-state index is 0.528. The summed E-state index contributed by atoms with van der Waals surface area (Å²) in [5.74, 6) is 1.94. The Bertz CT molecular complexity index is 262. The van der Waals surface area contributed by atoms with Crippen LogP contribution in [0.2, 0.25) is 0 Å². The first-order valence-electron chi connectivity index (χ1n) is 7.51. The molecule has 3 unspecified atom stereocenters. The highest BCUT2D eigenvalue weighted by Crippen LogP contribution is 2.58. The number of methoxy groups -OCH3 is 1. The Morgan fingerprint density at radius 2 is 1.79 bits per heavy atom. The topological polar surface area (TPSA) is 27.7 Å². The van der Waals surface area contributed by atoms with E-state index in [-0.39, 0.29) is 0 Å². The first kappa shape index (κ1) is 15.7. The normalized spacial score (nSPS) is 33.2. The van der Waals surface area contributed by atoms with Crippen LogP contribution >= 0.6 is 15.9 Å². The molecule has 0 heterocycles. The molecule has 112 valence electrons. The SMILES string of the molecule is COCCOCCOCCC1(CBr)CC2CCC1C2. The molecule has 2 rings (SSSR count). The molecule has 0 saturated heterocycles. The minimum atomic E-state index is 0.528. The van der Waals surface area contributed by atoms with Crippen LogP contribution in [0.4, 0.5) is 0 Å². The molecule has 3 atom stereocenters. The second-order valence-corrected chi connectivity index (χ2v) is 6.60. The molecule has 0 aromatic heterocycles. The lowest BCUT2D eigenvalue weighted by atomic mass is 9.72. The molecule has 0 aliphatic heterocycles. The summed E-state index contributed by atoms with van der Waals surface area (Å²) in [7, 11) is 1.69. The third-order valence-corrected chi connectivity index (χ3v) is 6.03. The second-order valence-electron chi connectivity index (χ2n) is 6.04. The number of ether oxygens (including phenoxy) is 3. The molecule has 2 aliphatic rings. The van der Waals surface area contributed by atoms with E-state index in [1.54, 1.807) is 7.11 Å². The van der Waals surface area contributed by atoms with E-state index in [0.29, 0.717) is 31.8 Å². The highest BCUT2D eigenvalue weighted by Gasteiger charge is 2.49. The fourth-order valence-electron chi connectivity index (χ4n) is 3.83. The molecule has 0 aromatic carbocycles. The fraction of sp³-hybridized carbons (Fsp3) is 1.00. The lowest BCUT2D eigenvalue weighted by molar-refractivity contribution is 0.0133. The van der Waals surface area contributed by atoms with E-state index in [0.717, 1.165) is 23.8 Å². The van der Waals surface area contributed by atoms with Gasteiger partial charge in [-0.1, -0.05) is 22.4 Å². The molecule has 0 N–H and O–H groups in total. The Kier molecular flexibility index (Phi) is 6.60. The van der Waals surface area contributed by atoms with Crippen molar-refractivity contribution in [3.63, 3.8) is 0 Å². The van der Waals surface area contributed by atoms with Gasteiger partial charge in [0.1, 0.15) is 0 Å². The number of alkyl halides is 1. The highest BCUT2D eigenvalue weighted by molar-refractivity contribution is 9.09. The van der Waals surface area contributed by atoms with Crippen LogP contribution in [0.3, 0.4) is 0 Å². The molecule has 4 heteroatoms. The Balaban J connectivity index is 1.55. The quantitative estimate of drug-likeness (QED) is 0.453. The van der Waals surface area contributed by atoms with Crippen molar-refractivity contribution in [2.45, 2.75) is 32.1 Å². The average molecular weight is 335 g/mol. The van der Waals surface area contributed by atoms with Gasteiger partial charge >= 0.3 is 0 Å². The van der Waals surface area contributed by atoms with Gasteiger partial charge in [0.05, 0.1) is 26.4 Å². The maximum Gasteiger partial charge on any atom is 0.0701 e. The largest absolute Gasteiger partial charge is 0.382 e. The molecule has 0 spiro atoms. The Morgan fingerprint density at radius 1 is 1.05 bits per heavy atom. The number of hydrogen-bond donors (Lipinski definition) is 0. The van der Waals surface area contributed by atoms with Crippen molar-refractivity contribution >= 4 is 15.9 Å². The maximum atomic E-state index is 5.72. The van der Waals surface area contributed by atoms with Gasteiger partial charge in [-0.3, -0.25) is 0 Å².